The van der Waals surface area contributed by atoms with E-state index in [9.17, 15) is 28.4 Å². The summed E-state index contributed by atoms with van der Waals surface area (Å²) in [4.78, 5) is 52.3. The smallest absolute Gasteiger partial charge is 0.258 e. The number of hydrogen-bond acceptors (Lipinski definition) is 8. The van der Waals surface area contributed by atoms with Crippen LogP contribution in [0.25, 0.3) is 21.8 Å². The molecule has 2 N–H and O–H groups in total. The van der Waals surface area contributed by atoms with Crippen LogP contribution in [0.15, 0.2) is 73.1 Å². The average molecular weight is 1050 g/mol. The topological polar surface area (TPSA) is 152 Å². The SMILES string of the molecule is CC(C)[Si](Oc1c2c(c(CC#N)c3cc(Cc4ccc(F)cc4)cnc13)CN(C)C2=O)(C(C)C)C(C)C.CC(C)[Si](Oc1c2c(c(CC(N)=O)c3cc(Cc4ccc(F)cc4)cnc13)CN(C)C2=O)(C(C)C)C(C)C. The second-order valence-corrected chi connectivity index (χ2v) is 33.3. The van der Waals surface area contributed by atoms with E-state index in [-0.39, 0.29) is 36.3 Å². The van der Waals surface area contributed by atoms with Crippen LogP contribution in [0.3, 0.4) is 0 Å². The van der Waals surface area contributed by atoms with Crippen molar-refractivity contribution in [2.45, 2.75) is 155 Å². The molecular weight excluding hydrogens is 979 g/mol. The van der Waals surface area contributed by atoms with Gasteiger partial charge in [0.25, 0.3) is 28.4 Å². The minimum Gasteiger partial charge on any atom is -0.541 e. The van der Waals surface area contributed by atoms with Gasteiger partial charge in [0.05, 0.1) is 30.0 Å². The number of pyridine rings is 2. The standard InChI is InChI=1S/C30H38FN3O3Si.C30H36FN3O2Si/c1-17(2)38(18(3)4,19(5)6)37-29-27-25(16-34(7)30(27)36)23(14-26(32)35)24-13-21(15-33-28(24)29)12-20-8-10-22(31)11-9-20;1-18(2)37(19(3)4,20(5)6)36-29-27-26(17-34(7)30(27)35)24(12-13-32)25-15-22(16-33-28(25)29)14-21-8-10-23(31)11-9-21/h8-11,13,15,17-19H,12,14,16H2,1-7H3,(H2,32,35);8-11,15-16,18-20H,12,14,17H2,1-7H3. The lowest BCUT2D eigenvalue weighted by Gasteiger charge is -2.42. The molecule has 8 rings (SSSR count). The number of halogens is 2. The summed E-state index contributed by atoms with van der Waals surface area (Å²) in [5, 5.41) is 11.4. The van der Waals surface area contributed by atoms with Crippen molar-refractivity contribution in [2.75, 3.05) is 14.1 Å². The molecule has 15 heteroatoms. The molecule has 0 saturated heterocycles. The van der Waals surface area contributed by atoms with Crippen molar-refractivity contribution < 1.29 is 32.0 Å². The number of aromatic nitrogens is 2. The van der Waals surface area contributed by atoms with Crippen LogP contribution >= 0.6 is 0 Å². The molecule has 396 valence electrons. The molecule has 0 saturated carbocycles. The lowest BCUT2D eigenvalue weighted by Crippen LogP contribution is -2.51. The number of benzene rings is 4. The van der Waals surface area contributed by atoms with Gasteiger partial charge in [0.1, 0.15) is 34.2 Å². The van der Waals surface area contributed by atoms with Gasteiger partial charge in [0, 0.05) is 50.4 Å². The van der Waals surface area contributed by atoms with Crippen LogP contribution in [-0.4, -0.2) is 68.2 Å². The van der Waals surface area contributed by atoms with Crippen molar-refractivity contribution in [2.24, 2.45) is 5.73 Å². The number of carbonyl (C=O) groups excluding carboxylic acids is 3. The number of hydrogen-bond donors (Lipinski definition) is 1. The van der Waals surface area contributed by atoms with Crippen molar-refractivity contribution >= 4 is 56.2 Å². The lowest BCUT2D eigenvalue weighted by atomic mass is 9.93. The third-order valence-electron chi connectivity index (χ3n) is 15.9. The van der Waals surface area contributed by atoms with Crippen LogP contribution < -0.4 is 14.6 Å². The normalized spacial score (nSPS) is 13.7. The molecule has 6 aromatic rings. The average Bonchev–Trinajstić information content (AvgIpc) is 3.81. The maximum atomic E-state index is 13.5. The molecule has 0 bridgehead atoms. The van der Waals surface area contributed by atoms with Gasteiger partial charge in [0.15, 0.2) is 0 Å². The van der Waals surface area contributed by atoms with Crippen LogP contribution in [0.5, 0.6) is 11.5 Å². The van der Waals surface area contributed by atoms with E-state index in [2.05, 4.69) is 95.2 Å². The molecule has 3 amide bonds. The van der Waals surface area contributed by atoms with E-state index < -0.39 is 22.5 Å². The summed E-state index contributed by atoms with van der Waals surface area (Å²) in [6.07, 6.45) is 4.92. The highest BCUT2D eigenvalue weighted by Crippen LogP contribution is 2.50. The molecule has 0 radical (unpaired) electrons. The molecule has 4 heterocycles. The Morgan fingerprint density at radius 1 is 0.613 bits per heavy atom. The molecule has 0 aliphatic carbocycles. The molecule has 2 aliphatic rings. The molecule has 0 spiro atoms. The highest BCUT2D eigenvalue weighted by molar-refractivity contribution is 6.79. The first-order valence-electron chi connectivity index (χ1n) is 26.3. The van der Waals surface area contributed by atoms with Gasteiger partial charge in [-0.25, -0.2) is 8.78 Å². The summed E-state index contributed by atoms with van der Waals surface area (Å²) >= 11 is 0. The number of fused-ring (bicyclic) bond motifs is 4. The zero-order chi connectivity index (χ0) is 55.0. The van der Waals surface area contributed by atoms with Gasteiger partial charge >= 0.3 is 0 Å². The Hall–Kier alpha value is -6.51. The monoisotopic (exact) mass is 1050 g/mol. The van der Waals surface area contributed by atoms with Gasteiger partial charge in [0.2, 0.25) is 5.91 Å². The maximum Gasteiger partial charge on any atom is 0.258 e. The predicted molar refractivity (Wildman–Crippen MR) is 299 cm³/mol. The minimum absolute atomic E-state index is 0.00300. The Kier molecular flexibility index (Phi) is 16.8. The van der Waals surface area contributed by atoms with Crippen LogP contribution in [0, 0.1) is 23.0 Å². The van der Waals surface area contributed by atoms with Crippen molar-refractivity contribution in [3.05, 3.63) is 140 Å². The largest absolute Gasteiger partial charge is 0.541 e. The number of nitriles is 1. The van der Waals surface area contributed by atoms with Gasteiger partial charge in [-0.2, -0.15) is 5.26 Å². The van der Waals surface area contributed by atoms with Gasteiger partial charge < -0.3 is 24.4 Å². The summed E-state index contributed by atoms with van der Waals surface area (Å²) in [7, 11) is -1.30. The molecule has 2 aromatic heterocycles. The lowest BCUT2D eigenvalue weighted by molar-refractivity contribution is -0.117. The molecule has 75 heavy (non-hydrogen) atoms. The number of primary amides is 1. The Morgan fingerprint density at radius 3 is 1.29 bits per heavy atom. The van der Waals surface area contributed by atoms with E-state index in [1.54, 1.807) is 54.4 Å². The molecule has 2 aliphatic heterocycles. The highest BCUT2D eigenvalue weighted by Gasteiger charge is 2.50. The van der Waals surface area contributed by atoms with E-state index in [4.69, 9.17) is 24.6 Å². The van der Waals surface area contributed by atoms with Gasteiger partial charge in [-0.05, 0) is 127 Å². The zero-order valence-corrected chi connectivity index (χ0v) is 48.2. The van der Waals surface area contributed by atoms with Crippen molar-refractivity contribution in [1.29, 1.82) is 5.26 Å². The first-order valence-corrected chi connectivity index (χ1v) is 30.6. The second kappa shape index (κ2) is 22.4. The summed E-state index contributed by atoms with van der Waals surface area (Å²) < 4.78 is 41.2. The van der Waals surface area contributed by atoms with Crippen molar-refractivity contribution in [3.63, 3.8) is 0 Å². The first kappa shape index (κ1) is 56.2. The fourth-order valence-electron chi connectivity index (χ4n) is 12.6. The number of rotatable bonds is 17. The minimum atomic E-state index is -2.45. The third-order valence-corrected chi connectivity index (χ3v) is 27.8. The molecule has 0 unspecified atom stereocenters. The van der Waals surface area contributed by atoms with Gasteiger partial charge in [-0.15, -0.1) is 0 Å². The van der Waals surface area contributed by atoms with Crippen LogP contribution in [0.1, 0.15) is 148 Å². The van der Waals surface area contributed by atoms with E-state index in [0.29, 0.717) is 92.8 Å². The quantitative estimate of drug-likeness (QED) is 0.0887. The fourth-order valence-corrected chi connectivity index (χ4v) is 23.1. The first-order chi connectivity index (χ1) is 35.4. The van der Waals surface area contributed by atoms with E-state index >= 15 is 0 Å². The Morgan fingerprint density at radius 2 is 0.960 bits per heavy atom. The molecule has 4 aromatic carbocycles. The van der Waals surface area contributed by atoms with Crippen LogP contribution in [-0.2, 0) is 43.6 Å². The molecular formula is C60H74F2N6O5Si2. The van der Waals surface area contributed by atoms with E-state index in [1.807, 2.05) is 12.3 Å². The number of carbonyl (C=O) groups is 3. The molecule has 0 fully saturated rings. The van der Waals surface area contributed by atoms with Gasteiger partial charge in [-0.1, -0.05) is 107 Å². The number of nitrogens with zero attached hydrogens (tertiary/aromatic N) is 5. The Balaban J connectivity index is 0.000000219. The summed E-state index contributed by atoms with van der Waals surface area (Å²) in [6.45, 7) is 27.4. The van der Waals surface area contributed by atoms with Crippen molar-refractivity contribution in [1.82, 2.24) is 19.8 Å². The summed E-state index contributed by atoms with van der Waals surface area (Å²) in [6, 6.07) is 19.2. The predicted octanol–water partition coefficient (Wildman–Crippen LogP) is 13.3. The van der Waals surface area contributed by atoms with E-state index in [1.165, 1.54) is 24.3 Å². The number of nitrogens with two attached hydrogens (primary N) is 1. The Labute approximate surface area is 444 Å². The second-order valence-electron chi connectivity index (χ2n) is 22.5. The molecule has 11 nitrogen and oxygen atoms in total. The fraction of sp³-hybridized carbons (Fsp3) is 0.433. The number of amides is 3. The maximum absolute atomic E-state index is 13.5. The van der Waals surface area contributed by atoms with E-state index in [0.717, 1.165) is 55.3 Å². The van der Waals surface area contributed by atoms with Crippen LogP contribution in [0.2, 0.25) is 33.2 Å². The Bertz CT molecular complexity index is 3140. The zero-order valence-electron chi connectivity index (χ0n) is 46.2. The molecule has 0 atom stereocenters. The third kappa shape index (κ3) is 10.7. The summed E-state index contributed by atoms with van der Waals surface area (Å²) in [5.41, 5.74) is 16.9. The van der Waals surface area contributed by atoms with Gasteiger partial charge in [-0.3, -0.25) is 24.4 Å². The van der Waals surface area contributed by atoms with Crippen molar-refractivity contribution in [3.8, 4) is 17.6 Å². The highest BCUT2D eigenvalue weighted by atomic mass is 28.4. The summed E-state index contributed by atoms with van der Waals surface area (Å²) in [5.74, 6) is -0.111. The van der Waals surface area contributed by atoms with Crippen LogP contribution in [0.4, 0.5) is 8.78 Å².